The minimum absolute atomic E-state index is 0.125. The highest BCUT2D eigenvalue weighted by atomic mass is 19.1. The first kappa shape index (κ1) is 29.4. The second kappa shape index (κ2) is 12.9. The van der Waals surface area contributed by atoms with Crippen LogP contribution in [0.25, 0.3) is 0 Å². The van der Waals surface area contributed by atoms with Crippen molar-refractivity contribution in [2.75, 3.05) is 14.2 Å². The van der Waals surface area contributed by atoms with E-state index in [1.807, 2.05) is 0 Å². The van der Waals surface area contributed by atoms with Crippen molar-refractivity contribution in [2.45, 2.75) is 71.9 Å². The van der Waals surface area contributed by atoms with E-state index in [0.29, 0.717) is 22.3 Å². The number of hydrogen-bond donors (Lipinski definition) is 0. The number of ether oxygens (including phenoxy) is 4. The van der Waals surface area contributed by atoms with Crippen LogP contribution in [0.1, 0.15) is 69.2 Å². The summed E-state index contributed by atoms with van der Waals surface area (Å²) in [5.41, 5.74) is 1.81. The van der Waals surface area contributed by atoms with Crippen molar-refractivity contribution in [3.8, 4) is 0 Å². The molecule has 36 heavy (non-hydrogen) atoms. The van der Waals surface area contributed by atoms with Crippen LogP contribution in [0, 0.1) is 17.6 Å². The van der Waals surface area contributed by atoms with Crippen LogP contribution in [0.15, 0.2) is 36.4 Å². The molecule has 0 saturated heterocycles. The Balaban J connectivity index is 2.44. The molecule has 0 saturated carbocycles. The van der Waals surface area contributed by atoms with Gasteiger partial charge in [-0.3, -0.25) is 9.59 Å². The van der Waals surface area contributed by atoms with Crippen LogP contribution in [0.2, 0.25) is 0 Å². The van der Waals surface area contributed by atoms with E-state index in [2.05, 4.69) is 0 Å². The number of methoxy groups -OCH3 is 2. The van der Waals surface area contributed by atoms with Crippen LogP contribution in [0.5, 0.6) is 0 Å². The first-order valence-corrected chi connectivity index (χ1v) is 11.8. The minimum atomic E-state index is -0.749. The van der Waals surface area contributed by atoms with Crippen LogP contribution >= 0.6 is 0 Å². The molecule has 0 spiro atoms. The highest BCUT2D eigenvalue weighted by Crippen LogP contribution is 2.36. The molecule has 0 aromatic heterocycles. The van der Waals surface area contributed by atoms with Gasteiger partial charge >= 0.3 is 11.9 Å². The van der Waals surface area contributed by atoms with E-state index in [1.165, 1.54) is 38.5 Å². The summed E-state index contributed by atoms with van der Waals surface area (Å²) >= 11 is 0. The van der Waals surface area contributed by atoms with Gasteiger partial charge in [0.2, 0.25) is 0 Å². The number of esters is 2. The van der Waals surface area contributed by atoms with Gasteiger partial charge in [-0.15, -0.1) is 0 Å². The predicted molar refractivity (Wildman–Crippen MR) is 131 cm³/mol. The molecule has 8 heteroatoms. The molecular formula is C28H36F2O6. The van der Waals surface area contributed by atoms with E-state index in [4.69, 9.17) is 18.9 Å². The maximum absolute atomic E-state index is 14.1. The van der Waals surface area contributed by atoms with Gasteiger partial charge in [-0.1, -0.05) is 19.1 Å². The Morgan fingerprint density at radius 2 is 1.33 bits per heavy atom. The van der Waals surface area contributed by atoms with Gasteiger partial charge in [0.1, 0.15) is 23.3 Å². The van der Waals surface area contributed by atoms with Crippen LogP contribution < -0.4 is 0 Å². The van der Waals surface area contributed by atoms with Crippen LogP contribution in [0.3, 0.4) is 0 Å². The normalized spacial score (nSPS) is 13.4. The maximum Gasteiger partial charge on any atom is 0.309 e. The zero-order valence-corrected chi connectivity index (χ0v) is 22.0. The zero-order chi connectivity index (χ0) is 27.0. The molecule has 0 unspecified atom stereocenters. The Kier molecular flexibility index (Phi) is 10.5. The molecule has 2 atom stereocenters. The molecule has 0 aliphatic carbocycles. The third kappa shape index (κ3) is 8.38. The van der Waals surface area contributed by atoms with Crippen LogP contribution in [0.4, 0.5) is 8.78 Å². The number of benzene rings is 2. The average Bonchev–Trinajstić information content (AvgIpc) is 2.75. The number of rotatable bonds is 11. The molecule has 198 valence electrons. The monoisotopic (exact) mass is 506 g/mol. The molecular weight excluding hydrogens is 470 g/mol. The van der Waals surface area contributed by atoms with Crippen LogP contribution in [-0.4, -0.2) is 37.9 Å². The fraction of sp³-hybridized carbons (Fsp3) is 0.500. The van der Waals surface area contributed by atoms with Gasteiger partial charge in [-0.05, 0) is 74.2 Å². The summed E-state index contributed by atoms with van der Waals surface area (Å²) in [5.74, 6) is -3.28. The Morgan fingerprint density at radius 3 is 1.75 bits per heavy atom. The minimum Gasteiger partial charge on any atom is -0.461 e. The van der Waals surface area contributed by atoms with Crippen molar-refractivity contribution in [2.24, 2.45) is 5.92 Å². The smallest absolute Gasteiger partial charge is 0.309 e. The van der Waals surface area contributed by atoms with E-state index >= 15 is 0 Å². The second-order valence-electron chi connectivity index (χ2n) is 9.86. The molecule has 0 N–H and O–H groups in total. The average molecular weight is 507 g/mol. The first-order chi connectivity index (χ1) is 16.9. The van der Waals surface area contributed by atoms with Crippen molar-refractivity contribution in [3.05, 3.63) is 70.3 Å². The zero-order valence-electron chi connectivity index (χ0n) is 22.0. The number of carbonyl (C=O) groups is 2. The van der Waals surface area contributed by atoms with Gasteiger partial charge in [0.25, 0.3) is 0 Å². The van der Waals surface area contributed by atoms with Crippen molar-refractivity contribution in [1.29, 1.82) is 0 Å². The molecule has 0 aliphatic rings. The SMILES string of the molecule is COCc1cc(F)ccc1C(c1ccc(F)cc1COC)[C@H](C)OC(=O)[C@H](C)CC(=O)OC(C)(C)C. The number of halogens is 2. The molecule has 0 fully saturated rings. The summed E-state index contributed by atoms with van der Waals surface area (Å²) in [5, 5.41) is 0. The third-order valence-corrected chi connectivity index (χ3v) is 5.55. The summed E-state index contributed by atoms with van der Waals surface area (Å²) in [4.78, 5) is 25.2. The summed E-state index contributed by atoms with van der Waals surface area (Å²) in [6, 6.07) is 8.60. The fourth-order valence-corrected chi connectivity index (χ4v) is 4.07. The highest BCUT2D eigenvalue weighted by Gasteiger charge is 2.31. The summed E-state index contributed by atoms with van der Waals surface area (Å²) in [6.45, 7) is 8.81. The highest BCUT2D eigenvalue weighted by molar-refractivity contribution is 5.80. The van der Waals surface area contributed by atoms with E-state index in [-0.39, 0.29) is 19.6 Å². The Bertz CT molecular complexity index is 991. The van der Waals surface area contributed by atoms with Crippen molar-refractivity contribution in [3.63, 3.8) is 0 Å². The van der Waals surface area contributed by atoms with Crippen molar-refractivity contribution >= 4 is 11.9 Å². The molecule has 6 nitrogen and oxygen atoms in total. The number of hydrogen-bond acceptors (Lipinski definition) is 6. The van der Waals surface area contributed by atoms with Gasteiger partial charge < -0.3 is 18.9 Å². The largest absolute Gasteiger partial charge is 0.461 e. The summed E-state index contributed by atoms with van der Waals surface area (Å²) in [7, 11) is 3.00. The molecule has 2 aromatic carbocycles. The summed E-state index contributed by atoms with van der Waals surface area (Å²) < 4.78 is 49.9. The predicted octanol–water partition coefficient (Wildman–Crippen LogP) is 5.69. The molecule has 0 radical (unpaired) electrons. The van der Waals surface area contributed by atoms with E-state index < -0.39 is 47.1 Å². The van der Waals surface area contributed by atoms with Crippen LogP contribution in [-0.2, 0) is 41.8 Å². The third-order valence-electron chi connectivity index (χ3n) is 5.55. The van der Waals surface area contributed by atoms with E-state index in [9.17, 15) is 18.4 Å². The van der Waals surface area contributed by atoms with Gasteiger partial charge in [0.15, 0.2) is 0 Å². The Morgan fingerprint density at radius 1 is 0.861 bits per heavy atom. The fourth-order valence-electron chi connectivity index (χ4n) is 4.07. The van der Waals surface area contributed by atoms with E-state index in [0.717, 1.165) is 0 Å². The quantitative estimate of drug-likeness (QED) is 0.365. The van der Waals surface area contributed by atoms with Gasteiger partial charge in [-0.25, -0.2) is 8.78 Å². The number of carbonyl (C=O) groups excluding carboxylic acids is 2. The standard InChI is InChI=1S/C28H36F2O6/c1-17(12-25(31)36-28(3,4)5)27(32)35-18(2)26(23-10-8-21(29)13-19(23)15-33-6)24-11-9-22(30)14-20(24)16-34-7/h8-11,13-14,17-18,26H,12,15-16H2,1-7H3/t17-,18+/m1/s1. The summed E-state index contributed by atoms with van der Waals surface area (Å²) in [6.07, 6.45) is -0.884. The second-order valence-corrected chi connectivity index (χ2v) is 9.86. The van der Waals surface area contributed by atoms with Crippen molar-refractivity contribution in [1.82, 2.24) is 0 Å². The van der Waals surface area contributed by atoms with Gasteiger partial charge in [0, 0.05) is 20.1 Å². The lowest BCUT2D eigenvalue weighted by Crippen LogP contribution is -2.30. The van der Waals surface area contributed by atoms with E-state index in [1.54, 1.807) is 46.8 Å². The van der Waals surface area contributed by atoms with Gasteiger partial charge in [-0.2, -0.15) is 0 Å². The molecule has 0 aliphatic heterocycles. The lowest BCUT2D eigenvalue weighted by atomic mass is 9.82. The van der Waals surface area contributed by atoms with Crippen molar-refractivity contribution < 1.29 is 37.3 Å². The maximum atomic E-state index is 14.1. The molecule has 0 amide bonds. The Hall–Kier alpha value is -2.84. The lowest BCUT2D eigenvalue weighted by Gasteiger charge is -2.29. The first-order valence-electron chi connectivity index (χ1n) is 11.8. The lowest BCUT2D eigenvalue weighted by molar-refractivity contribution is -0.163. The Labute approximate surface area is 211 Å². The molecule has 2 rings (SSSR count). The molecule has 0 heterocycles. The van der Waals surface area contributed by atoms with Gasteiger partial charge in [0.05, 0.1) is 25.6 Å². The molecule has 0 bridgehead atoms. The molecule has 2 aromatic rings. The topological polar surface area (TPSA) is 71.1 Å².